The van der Waals surface area contributed by atoms with Gasteiger partial charge in [0.2, 0.25) is 5.75 Å². The predicted molar refractivity (Wildman–Crippen MR) is 88.6 cm³/mol. The molecule has 2 rings (SSSR count). The molecular formula is C20H15F5O. The summed E-state index contributed by atoms with van der Waals surface area (Å²) in [5.74, 6) is 0.818. The van der Waals surface area contributed by atoms with Gasteiger partial charge in [0.25, 0.3) is 0 Å². The van der Waals surface area contributed by atoms with E-state index in [9.17, 15) is 22.0 Å². The zero-order valence-corrected chi connectivity index (χ0v) is 13.8. The van der Waals surface area contributed by atoms with E-state index in [2.05, 4.69) is 22.7 Å². The second-order valence-electron chi connectivity index (χ2n) is 5.37. The van der Waals surface area contributed by atoms with Crippen molar-refractivity contribution >= 4 is 0 Å². The summed E-state index contributed by atoms with van der Waals surface area (Å²) < 4.78 is 66.9. The molecule has 0 unspecified atom stereocenters. The minimum absolute atomic E-state index is 0.0910. The molecular weight excluding hydrogens is 351 g/mol. The van der Waals surface area contributed by atoms with Crippen LogP contribution in [-0.2, 0) is 6.42 Å². The van der Waals surface area contributed by atoms with Crippen LogP contribution in [0.2, 0.25) is 0 Å². The Balaban J connectivity index is 2.14. The number of allylic oxidation sites excluding steroid dienone is 2. The van der Waals surface area contributed by atoms with E-state index in [0.717, 1.165) is 18.4 Å². The summed E-state index contributed by atoms with van der Waals surface area (Å²) in [5, 5.41) is 0. The minimum Gasteiger partial charge on any atom is -0.399 e. The Hall–Kier alpha value is -2.81. The smallest absolute Gasteiger partial charge is 0.399 e. The molecule has 0 aliphatic rings. The van der Waals surface area contributed by atoms with Crippen molar-refractivity contribution in [1.29, 1.82) is 0 Å². The second kappa shape index (κ2) is 8.52. The molecule has 0 amide bonds. The van der Waals surface area contributed by atoms with E-state index in [0.29, 0.717) is 17.7 Å². The van der Waals surface area contributed by atoms with Gasteiger partial charge in [-0.3, -0.25) is 0 Å². The molecule has 0 bridgehead atoms. The van der Waals surface area contributed by atoms with E-state index < -0.39 is 23.7 Å². The van der Waals surface area contributed by atoms with Gasteiger partial charge < -0.3 is 4.74 Å². The van der Waals surface area contributed by atoms with E-state index in [1.54, 1.807) is 12.1 Å². The molecule has 0 N–H and O–H groups in total. The molecule has 0 radical (unpaired) electrons. The molecule has 0 aliphatic heterocycles. The molecule has 0 saturated carbocycles. The molecule has 0 saturated heterocycles. The predicted octanol–water partition coefficient (Wildman–Crippen LogP) is 5.77. The summed E-state index contributed by atoms with van der Waals surface area (Å²) in [4.78, 5) is 0. The van der Waals surface area contributed by atoms with Crippen LogP contribution in [0.1, 0.15) is 30.0 Å². The van der Waals surface area contributed by atoms with Crippen molar-refractivity contribution < 1.29 is 26.7 Å². The lowest BCUT2D eigenvalue weighted by atomic mass is 10.1. The van der Waals surface area contributed by atoms with Gasteiger partial charge in [-0.25, -0.2) is 8.78 Å². The van der Waals surface area contributed by atoms with Crippen LogP contribution in [0.25, 0.3) is 0 Å². The molecule has 26 heavy (non-hydrogen) atoms. The van der Waals surface area contributed by atoms with Gasteiger partial charge in [-0.15, -0.1) is 13.2 Å². The van der Waals surface area contributed by atoms with Gasteiger partial charge in [0.1, 0.15) is 0 Å². The Morgan fingerprint density at radius 1 is 0.962 bits per heavy atom. The van der Waals surface area contributed by atoms with Gasteiger partial charge in [-0.2, -0.15) is 0 Å². The van der Waals surface area contributed by atoms with Crippen LogP contribution in [0.5, 0.6) is 5.75 Å². The van der Waals surface area contributed by atoms with Crippen molar-refractivity contribution in [3.63, 3.8) is 0 Å². The second-order valence-corrected chi connectivity index (χ2v) is 5.37. The Kier molecular flexibility index (Phi) is 6.40. The molecule has 0 spiro atoms. The van der Waals surface area contributed by atoms with Gasteiger partial charge in [0, 0.05) is 11.1 Å². The summed E-state index contributed by atoms with van der Waals surface area (Å²) >= 11 is 0. The molecule has 1 nitrogen and oxygen atoms in total. The molecule has 0 fully saturated rings. The fourth-order valence-corrected chi connectivity index (χ4v) is 2.16. The molecule has 6 heteroatoms. The van der Waals surface area contributed by atoms with Crippen LogP contribution in [0, 0.1) is 23.5 Å². The maximum atomic E-state index is 13.6. The van der Waals surface area contributed by atoms with E-state index in [1.165, 1.54) is 0 Å². The summed E-state index contributed by atoms with van der Waals surface area (Å²) in [7, 11) is 0. The lowest BCUT2D eigenvalue weighted by molar-refractivity contribution is -0.276. The van der Waals surface area contributed by atoms with E-state index >= 15 is 0 Å². The van der Waals surface area contributed by atoms with E-state index in [4.69, 9.17) is 0 Å². The molecule has 0 aromatic heterocycles. The van der Waals surface area contributed by atoms with Gasteiger partial charge >= 0.3 is 6.36 Å². The van der Waals surface area contributed by atoms with Gasteiger partial charge in [-0.1, -0.05) is 36.1 Å². The molecule has 2 aromatic rings. The third kappa shape index (κ3) is 5.92. The number of rotatable bonds is 4. The Labute approximate surface area is 148 Å². The number of alkyl halides is 3. The summed E-state index contributed by atoms with van der Waals surface area (Å²) in [6.45, 7) is 1.95. The molecule has 0 aliphatic carbocycles. The molecule has 2 aromatic carbocycles. The largest absolute Gasteiger partial charge is 0.573 e. The lowest BCUT2D eigenvalue weighted by Crippen LogP contribution is -2.19. The SMILES string of the molecule is C/C=C/CCc1ccc(C#Cc2cc(F)c(OC(F)(F)F)c(F)c2)cc1. The van der Waals surface area contributed by atoms with Crippen molar-refractivity contribution in [2.45, 2.75) is 26.1 Å². The number of halogens is 5. The van der Waals surface area contributed by atoms with Crippen LogP contribution in [0.4, 0.5) is 22.0 Å². The quantitative estimate of drug-likeness (QED) is 0.379. The van der Waals surface area contributed by atoms with Crippen molar-refractivity contribution in [2.75, 3.05) is 0 Å². The van der Waals surface area contributed by atoms with Gasteiger partial charge in [0.15, 0.2) is 11.6 Å². The Morgan fingerprint density at radius 3 is 2.08 bits per heavy atom. The van der Waals surface area contributed by atoms with E-state index in [-0.39, 0.29) is 5.56 Å². The number of benzene rings is 2. The number of hydrogen-bond acceptors (Lipinski definition) is 1. The number of ether oxygens (including phenoxy) is 1. The minimum atomic E-state index is -5.18. The highest BCUT2D eigenvalue weighted by Crippen LogP contribution is 2.29. The first-order chi connectivity index (χ1) is 12.3. The normalized spacial score (nSPS) is 11.3. The average molecular weight is 366 g/mol. The first-order valence-electron chi connectivity index (χ1n) is 7.75. The highest BCUT2D eigenvalue weighted by molar-refractivity contribution is 5.46. The third-order valence-corrected chi connectivity index (χ3v) is 3.36. The van der Waals surface area contributed by atoms with Crippen LogP contribution >= 0.6 is 0 Å². The number of hydrogen-bond donors (Lipinski definition) is 0. The number of aryl methyl sites for hydroxylation is 1. The fraction of sp³-hybridized carbons (Fsp3) is 0.200. The average Bonchev–Trinajstić information content (AvgIpc) is 2.57. The van der Waals surface area contributed by atoms with Gasteiger partial charge in [0.05, 0.1) is 0 Å². The zero-order valence-electron chi connectivity index (χ0n) is 13.8. The van der Waals surface area contributed by atoms with Crippen molar-refractivity contribution in [3.05, 3.63) is 76.9 Å². The maximum Gasteiger partial charge on any atom is 0.573 e. The van der Waals surface area contributed by atoms with Crippen molar-refractivity contribution in [3.8, 4) is 17.6 Å². The molecule has 0 atom stereocenters. The third-order valence-electron chi connectivity index (χ3n) is 3.36. The van der Waals surface area contributed by atoms with Crippen molar-refractivity contribution in [2.24, 2.45) is 0 Å². The Bertz CT molecular complexity index is 816. The summed E-state index contributed by atoms with van der Waals surface area (Å²) in [6.07, 6.45) is 0.664. The van der Waals surface area contributed by atoms with Gasteiger partial charge in [-0.05, 0) is 49.6 Å². The van der Waals surface area contributed by atoms with E-state index in [1.807, 2.05) is 25.1 Å². The summed E-state index contributed by atoms with van der Waals surface area (Å²) in [6, 6.07) is 8.73. The summed E-state index contributed by atoms with van der Waals surface area (Å²) in [5.41, 5.74) is 1.65. The van der Waals surface area contributed by atoms with Crippen LogP contribution in [0.15, 0.2) is 48.6 Å². The topological polar surface area (TPSA) is 9.23 Å². The zero-order chi connectivity index (χ0) is 19.2. The maximum absolute atomic E-state index is 13.6. The van der Waals surface area contributed by atoms with Crippen LogP contribution in [-0.4, -0.2) is 6.36 Å². The van der Waals surface area contributed by atoms with Crippen LogP contribution in [0.3, 0.4) is 0 Å². The highest BCUT2D eigenvalue weighted by atomic mass is 19.4. The Morgan fingerprint density at radius 2 is 1.54 bits per heavy atom. The van der Waals surface area contributed by atoms with Crippen LogP contribution < -0.4 is 4.74 Å². The lowest BCUT2D eigenvalue weighted by Gasteiger charge is -2.10. The first kappa shape index (κ1) is 19.5. The first-order valence-corrected chi connectivity index (χ1v) is 7.75. The van der Waals surface area contributed by atoms with Crippen molar-refractivity contribution in [1.82, 2.24) is 0 Å². The molecule has 0 heterocycles. The monoisotopic (exact) mass is 366 g/mol. The molecule has 136 valence electrons. The fourth-order valence-electron chi connectivity index (χ4n) is 2.16. The highest BCUT2D eigenvalue weighted by Gasteiger charge is 2.34. The standard InChI is InChI=1S/C20H15F5O/c1-2-3-4-5-14-6-8-15(9-7-14)10-11-16-12-17(21)19(18(22)13-16)26-20(23,24)25/h2-3,6-9,12-13H,4-5H2,1H3/b3-2+.